The number of rotatable bonds is 6. The summed E-state index contributed by atoms with van der Waals surface area (Å²) in [5.41, 5.74) is 1.86. The van der Waals surface area contributed by atoms with Gasteiger partial charge >= 0.3 is 0 Å². The van der Waals surface area contributed by atoms with Crippen molar-refractivity contribution in [1.82, 2.24) is 10.5 Å². The van der Waals surface area contributed by atoms with Crippen molar-refractivity contribution >= 4 is 17.5 Å². The maximum absolute atomic E-state index is 12.9. The molecule has 3 aromatic carbocycles. The first-order valence-corrected chi connectivity index (χ1v) is 9.48. The van der Waals surface area contributed by atoms with E-state index >= 15 is 0 Å². The number of hydrogen-bond acceptors (Lipinski definition) is 4. The third-order valence-electron chi connectivity index (χ3n) is 4.30. The van der Waals surface area contributed by atoms with Crippen LogP contribution >= 0.6 is 11.6 Å². The first-order chi connectivity index (χ1) is 14.6. The minimum Gasteiger partial charge on any atom is -0.457 e. The molecule has 0 aliphatic rings. The normalized spacial score (nSPS) is 10.6. The molecular formula is C23H16ClFN2O3. The fraction of sp³-hybridized carbons (Fsp3) is 0.0435. The molecule has 1 amide bonds. The fourth-order valence-corrected chi connectivity index (χ4v) is 2.85. The molecule has 0 atom stereocenters. The van der Waals surface area contributed by atoms with Gasteiger partial charge in [0.2, 0.25) is 0 Å². The molecule has 0 aliphatic carbocycles. The summed E-state index contributed by atoms with van der Waals surface area (Å²) < 4.78 is 23.8. The van der Waals surface area contributed by atoms with E-state index in [1.165, 1.54) is 12.1 Å². The lowest BCUT2D eigenvalue weighted by Gasteiger charge is -2.07. The van der Waals surface area contributed by atoms with Gasteiger partial charge in [-0.05, 0) is 66.2 Å². The van der Waals surface area contributed by atoms with Crippen LogP contribution in [-0.2, 0) is 6.54 Å². The van der Waals surface area contributed by atoms with Crippen molar-refractivity contribution in [2.45, 2.75) is 6.54 Å². The Morgan fingerprint density at radius 3 is 2.27 bits per heavy atom. The zero-order valence-electron chi connectivity index (χ0n) is 15.6. The largest absolute Gasteiger partial charge is 0.457 e. The lowest BCUT2D eigenvalue weighted by atomic mass is 10.1. The molecule has 0 saturated carbocycles. The van der Waals surface area contributed by atoms with Crippen LogP contribution in [0.1, 0.15) is 16.1 Å². The second kappa shape index (κ2) is 8.80. The maximum atomic E-state index is 12.9. The first-order valence-electron chi connectivity index (χ1n) is 9.10. The number of halogens is 2. The van der Waals surface area contributed by atoms with E-state index in [0.29, 0.717) is 28.8 Å². The van der Waals surface area contributed by atoms with Crippen molar-refractivity contribution in [3.8, 4) is 22.8 Å². The Kier molecular flexibility index (Phi) is 5.77. The van der Waals surface area contributed by atoms with Crippen LogP contribution < -0.4 is 10.1 Å². The Morgan fingerprint density at radius 2 is 1.60 bits per heavy atom. The van der Waals surface area contributed by atoms with Crippen molar-refractivity contribution in [1.29, 1.82) is 0 Å². The Balaban J connectivity index is 1.33. The highest BCUT2D eigenvalue weighted by molar-refractivity contribution is 6.30. The maximum Gasteiger partial charge on any atom is 0.273 e. The molecule has 5 nitrogen and oxygen atoms in total. The van der Waals surface area contributed by atoms with Crippen molar-refractivity contribution in [2.24, 2.45) is 0 Å². The van der Waals surface area contributed by atoms with Gasteiger partial charge in [0.05, 0.1) is 0 Å². The van der Waals surface area contributed by atoms with E-state index in [-0.39, 0.29) is 17.4 Å². The van der Waals surface area contributed by atoms with Gasteiger partial charge in [0.25, 0.3) is 5.91 Å². The van der Waals surface area contributed by atoms with Crippen LogP contribution in [0.25, 0.3) is 11.3 Å². The summed E-state index contributed by atoms with van der Waals surface area (Å²) in [6.45, 7) is 0.318. The number of ether oxygens (including phenoxy) is 1. The van der Waals surface area contributed by atoms with Crippen LogP contribution in [0.2, 0.25) is 5.02 Å². The minimum absolute atomic E-state index is 0.191. The standard InChI is InChI=1S/C23H16ClFN2O3/c24-17-5-3-16(4-6-17)22-13-21(27-30-22)23(28)26-14-15-1-9-19(10-2-15)29-20-11-7-18(25)8-12-20/h1-13H,14H2,(H,26,28). The molecule has 0 fully saturated rings. The lowest BCUT2D eigenvalue weighted by Crippen LogP contribution is -2.22. The van der Waals surface area contributed by atoms with E-state index in [0.717, 1.165) is 11.1 Å². The predicted molar refractivity (Wildman–Crippen MR) is 111 cm³/mol. The molecule has 0 unspecified atom stereocenters. The molecule has 1 N–H and O–H groups in total. The highest BCUT2D eigenvalue weighted by Crippen LogP contribution is 2.23. The number of carbonyl (C=O) groups excluding carboxylic acids is 1. The number of aromatic nitrogens is 1. The van der Waals surface area contributed by atoms with Crippen molar-refractivity contribution in [2.75, 3.05) is 0 Å². The van der Waals surface area contributed by atoms with Gasteiger partial charge in [0.15, 0.2) is 11.5 Å². The van der Waals surface area contributed by atoms with Gasteiger partial charge in [-0.15, -0.1) is 0 Å². The van der Waals surface area contributed by atoms with E-state index < -0.39 is 0 Å². The molecule has 0 radical (unpaired) electrons. The van der Waals surface area contributed by atoms with E-state index in [1.807, 2.05) is 12.1 Å². The number of hydrogen-bond donors (Lipinski definition) is 1. The summed E-state index contributed by atoms with van der Waals surface area (Å²) in [5.74, 6) is 0.978. The predicted octanol–water partition coefficient (Wildman–Crippen LogP) is 5.86. The van der Waals surface area contributed by atoms with Gasteiger partial charge < -0.3 is 14.6 Å². The molecule has 0 saturated heterocycles. The van der Waals surface area contributed by atoms with E-state index in [9.17, 15) is 9.18 Å². The lowest BCUT2D eigenvalue weighted by molar-refractivity contribution is 0.0942. The number of nitrogens with zero attached hydrogens (tertiary/aromatic N) is 1. The molecule has 1 aromatic heterocycles. The number of amides is 1. The molecule has 4 rings (SSSR count). The fourth-order valence-electron chi connectivity index (χ4n) is 2.72. The number of carbonyl (C=O) groups is 1. The van der Waals surface area contributed by atoms with Crippen LogP contribution in [0.5, 0.6) is 11.5 Å². The third-order valence-corrected chi connectivity index (χ3v) is 4.55. The van der Waals surface area contributed by atoms with Crippen LogP contribution in [0, 0.1) is 5.82 Å². The molecule has 1 heterocycles. The molecule has 0 aliphatic heterocycles. The minimum atomic E-state index is -0.342. The van der Waals surface area contributed by atoms with Gasteiger partial charge in [0, 0.05) is 23.2 Å². The smallest absolute Gasteiger partial charge is 0.273 e. The molecule has 4 aromatic rings. The summed E-state index contributed by atoms with van der Waals surface area (Å²) >= 11 is 5.88. The van der Waals surface area contributed by atoms with Crippen molar-refractivity contribution in [3.63, 3.8) is 0 Å². The van der Waals surface area contributed by atoms with E-state index in [2.05, 4.69) is 10.5 Å². The van der Waals surface area contributed by atoms with Gasteiger partial charge in [-0.1, -0.05) is 28.9 Å². The van der Waals surface area contributed by atoms with Gasteiger partial charge in [-0.25, -0.2) is 4.39 Å². The Bertz CT molecular complexity index is 1140. The topological polar surface area (TPSA) is 64.4 Å². The highest BCUT2D eigenvalue weighted by atomic mass is 35.5. The molecule has 30 heavy (non-hydrogen) atoms. The Hall–Kier alpha value is -3.64. The summed E-state index contributed by atoms with van der Waals surface area (Å²) in [6, 6.07) is 21.6. The van der Waals surface area contributed by atoms with Crippen molar-refractivity contribution in [3.05, 3.63) is 101 Å². The summed E-state index contributed by atoms with van der Waals surface area (Å²) in [5, 5.41) is 7.24. The monoisotopic (exact) mass is 422 g/mol. The van der Waals surface area contributed by atoms with Crippen LogP contribution in [0.3, 0.4) is 0 Å². The Morgan fingerprint density at radius 1 is 0.967 bits per heavy atom. The molecule has 7 heteroatoms. The highest BCUT2D eigenvalue weighted by Gasteiger charge is 2.13. The summed E-state index contributed by atoms with van der Waals surface area (Å²) in [7, 11) is 0. The second-order valence-electron chi connectivity index (χ2n) is 6.47. The van der Waals surface area contributed by atoms with Crippen LogP contribution in [-0.4, -0.2) is 11.1 Å². The Labute approximate surface area is 177 Å². The van der Waals surface area contributed by atoms with Gasteiger partial charge in [-0.3, -0.25) is 4.79 Å². The molecular weight excluding hydrogens is 407 g/mol. The van der Waals surface area contributed by atoms with Crippen LogP contribution in [0.15, 0.2) is 83.4 Å². The molecule has 0 bridgehead atoms. The summed E-state index contributed by atoms with van der Waals surface area (Å²) in [4.78, 5) is 12.3. The molecule has 0 spiro atoms. The summed E-state index contributed by atoms with van der Waals surface area (Å²) in [6.07, 6.45) is 0. The first kappa shape index (κ1) is 19.7. The van der Waals surface area contributed by atoms with Crippen molar-refractivity contribution < 1.29 is 18.4 Å². The zero-order chi connectivity index (χ0) is 20.9. The van der Waals surface area contributed by atoms with Gasteiger partial charge in [-0.2, -0.15) is 0 Å². The average Bonchev–Trinajstić information content (AvgIpc) is 3.25. The second-order valence-corrected chi connectivity index (χ2v) is 6.90. The third kappa shape index (κ3) is 4.85. The average molecular weight is 423 g/mol. The number of nitrogens with one attached hydrogen (secondary N) is 1. The van der Waals surface area contributed by atoms with Gasteiger partial charge in [0.1, 0.15) is 17.3 Å². The number of benzene rings is 3. The van der Waals surface area contributed by atoms with E-state index in [4.69, 9.17) is 20.9 Å². The quantitative estimate of drug-likeness (QED) is 0.423. The van der Waals surface area contributed by atoms with E-state index in [1.54, 1.807) is 54.6 Å². The zero-order valence-corrected chi connectivity index (χ0v) is 16.4. The molecule has 150 valence electrons. The van der Waals surface area contributed by atoms with Crippen LogP contribution in [0.4, 0.5) is 4.39 Å². The SMILES string of the molecule is O=C(NCc1ccc(Oc2ccc(F)cc2)cc1)c1cc(-c2ccc(Cl)cc2)on1.